The Morgan fingerprint density at radius 1 is 1.18 bits per heavy atom. The van der Waals surface area contributed by atoms with E-state index < -0.39 is 0 Å². The Morgan fingerprint density at radius 3 is 2.65 bits per heavy atom. The molecule has 2 atom stereocenters. The third kappa shape index (κ3) is 2.89. The first-order chi connectivity index (χ1) is 8.08. The Kier molecular flexibility index (Phi) is 3.87. The molecule has 1 heterocycles. The SMILES string of the molecule is Cc1c(Cl)nnc(NC2CCCC(C)C2)c1C. The highest BCUT2D eigenvalue weighted by Crippen LogP contribution is 2.27. The van der Waals surface area contributed by atoms with Gasteiger partial charge in [-0.15, -0.1) is 10.2 Å². The molecule has 1 aromatic heterocycles. The molecule has 0 spiro atoms. The molecule has 0 amide bonds. The van der Waals surface area contributed by atoms with Crippen LogP contribution in [0.4, 0.5) is 5.82 Å². The van der Waals surface area contributed by atoms with E-state index in [9.17, 15) is 0 Å². The van der Waals surface area contributed by atoms with Crippen molar-refractivity contribution in [3.8, 4) is 0 Å². The molecule has 2 rings (SSSR count). The van der Waals surface area contributed by atoms with E-state index in [0.717, 1.165) is 22.9 Å². The average Bonchev–Trinajstić information content (AvgIpc) is 2.30. The molecule has 1 fully saturated rings. The lowest BCUT2D eigenvalue weighted by Crippen LogP contribution is -2.27. The maximum atomic E-state index is 5.95. The van der Waals surface area contributed by atoms with Crippen LogP contribution in [0.25, 0.3) is 0 Å². The van der Waals surface area contributed by atoms with E-state index in [0.29, 0.717) is 11.2 Å². The first kappa shape index (κ1) is 12.6. The summed E-state index contributed by atoms with van der Waals surface area (Å²) in [4.78, 5) is 0. The summed E-state index contributed by atoms with van der Waals surface area (Å²) in [6.45, 7) is 6.35. The van der Waals surface area contributed by atoms with Crippen LogP contribution in [-0.4, -0.2) is 16.2 Å². The molecule has 2 unspecified atom stereocenters. The van der Waals surface area contributed by atoms with Crippen molar-refractivity contribution in [3.05, 3.63) is 16.3 Å². The number of nitrogens with one attached hydrogen (secondary N) is 1. The lowest BCUT2D eigenvalue weighted by Gasteiger charge is -2.28. The molecule has 0 radical (unpaired) electrons. The predicted octanol–water partition coefficient (Wildman–Crippen LogP) is 3.74. The lowest BCUT2D eigenvalue weighted by atomic mass is 9.87. The molecule has 1 aliphatic carbocycles. The summed E-state index contributed by atoms with van der Waals surface area (Å²) < 4.78 is 0. The van der Waals surface area contributed by atoms with Gasteiger partial charge >= 0.3 is 0 Å². The predicted molar refractivity (Wildman–Crippen MR) is 71.6 cm³/mol. The number of hydrogen-bond acceptors (Lipinski definition) is 3. The monoisotopic (exact) mass is 253 g/mol. The normalized spacial score (nSPS) is 24.7. The van der Waals surface area contributed by atoms with Gasteiger partial charge in [0.2, 0.25) is 0 Å². The minimum absolute atomic E-state index is 0.505. The fourth-order valence-electron chi connectivity index (χ4n) is 2.47. The molecule has 1 N–H and O–H groups in total. The third-order valence-corrected chi connectivity index (χ3v) is 4.10. The molecular formula is C13H20ClN3. The van der Waals surface area contributed by atoms with Gasteiger partial charge in [0.25, 0.3) is 0 Å². The first-order valence-electron chi connectivity index (χ1n) is 6.34. The van der Waals surface area contributed by atoms with Gasteiger partial charge in [0, 0.05) is 6.04 Å². The summed E-state index contributed by atoms with van der Waals surface area (Å²) >= 11 is 5.95. The minimum Gasteiger partial charge on any atom is -0.366 e. The van der Waals surface area contributed by atoms with Crippen molar-refractivity contribution in [2.75, 3.05) is 5.32 Å². The first-order valence-corrected chi connectivity index (χ1v) is 6.71. The minimum atomic E-state index is 0.505. The van der Waals surface area contributed by atoms with Gasteiger partial charge in [-0.3, -0.25) is 0 Å². The summed E-state index contributed by atoms with van der Waals surface area (Å²) in [5, 5.41) is 12.2. The molecule has 1 aliphatic rings. The average molecular weight is 254 g/mol. The summed E-state index contributed by atoms with van der Waals surface area (Å²) in [6.07, 6.45) is 5.11. The van der Waals surface area contributed by atoms with E-state index in [1.165, 1.54) is 25.7 Å². The molecule has 1 aromatic rings. The Hall–Kier alpha value is -0.830. The summed E-state index contributed by atoms with van der Waals surface area (Å²) in [5.41, 5.74) is 2.14. The number of halogens is 1. The van der Waals surface area contributed by atoms with Gasteiger partial charge in [-0.05, 0) is 43.7 Å². The van der Waals surface area contributed by atoms with Crippen molar-refractivity contribution in [2.45, 2.75) is 52.5 Å². The highest BCUT2D eigenvalue weighted by molar-refractivity contribution is 6.30. The Balaban J connectivity index is 2.10. The fourth-order valence-corrected chi connectivity index (χ4v) is 2.65. The second kappa shape index (κ2) is 5.21. The van der Waals surface area contributed by atoms with Crippen molar-refractivity contribution in [1.29, 1.82) is 0 Å². The van der Waals surface area contributed by atoms with E-state index in [-0.39, 0.29) is 0 Å². The molecule has 4 heteroatoms. The number of anilines is 1. The number of rotatable bonds is 2. The Bertz CT molecular complexity index is 406. The molecule has 94 valence electrons. The quantitative estimate of drug-likeness (QED) is 0.873. The molecule has 3 nitrogen and oxygen atoms in total. The van der Waals surface area contributed by atoms with Gasteiger partial charge in [-0.2, -0.15) is 0 Å². The largest absolute Gasteiger partial charge is 0.366 e. The zero-order chi connectivity index (χ0) is 12.4. The maximum absolute atomic E-state index is 5.95. The molecule has 1 saturated carbocycles. The van der Waals surface area contributed by atoms with Crippen LogP contribution in [0.15, 0.2) is 0 Å². The Labute approximate surface area is 108 Å². The van der Waals surface area contributed by atoms with Gasteiger partial charge in [0.15, 0.2) is 11.0 Å². The molecular weight excluding hydrogens is 234 g/mol. The van der Waals surface area contributed by atoms with Gasteiger partial charge in [-0.1, -0.05) is 31.4 Å². The van der Waals surface area contributed by atoms with Gasteiger partial charge in [0.05, 0.1) is 0 Å². The standard InChI is InChI=1S/C13H20ClN3/c1-8-5-4-6-11(7-8)15-13-10(3)9(2)12(14)16-17-13/h8,11H,4-7H2,1-3H3,(H,15,17). The molecule has 0 aliphatic heterocycles. The number of aromatic nitrogens is 2. The van der Waals surface area contributed by atoms with Crippen LogP contribution in [0.1, 0.15) is 43.7 Å². The van der Waals surface area contributed by atoms with Crippen molar-refractivity contribution in [3.63, 3.8) is 0 Å². The number of nitrogens with zero attached hydrogens (tertiary/aromatic N) is 2. The molecule has 0 saturated heterocycles. The van der Waals surface area contributed by atoms with E-state index in [4.69, 9.17) is 11.6 Å². The summed E-state index contributed by atoms with van der Waals surface area (Å²) in [7, 11) is 0. The topological polar surface area (TPSA) is 37.8 Å². The summed E-state index contributed by atoms with van der Waals surface area (Å²) in [6, 6.07) is 0.535. The molecule has 0 bridgehead atoms. The zero-order valence-corrected chi connectivity index (χ0v) is 11.5. The van der Waals surface area contributed by atoms with Gasteiger partial charge < -0.3 is 5.32 Å². The second-order valence-electron chi connectivity index (χ2n) is 5.20. The summed E-state index contributed by atoms with van der Waals surface area (Å²) in [5.74, 6) is 1.70. The zero-order valence-electron chi connectivity index (χ0n) is 10.8. The van der Waals surface area contributed by atoms with Crippen molar-refractivity contribution in [2.24, 2.45) is 5.92 Å². The maximum Gasteiger partial charge on any atom is 0.155 e. The highest BCUT2D eigenvalue weighted by Gasteiger charge is 2.20. The van der Waals surface area contributed by atoms with Crippen molar-refractivity contribution >= 4 is 17.4 Å². The van der Waals surface area contributed by atoms with Crippen LogP contribution in [0, 0.1) is 19.8 Å². The molecule has 17 heavy (non-hydrogen) atoms. The van der Waals surface area contributed by atoms with Crippen LogP contribution in [0.5, 0.6) is 0 Å². The van der Waals surface area contributed by atoms with Gasteiger partial charge in [0.1, 0.15) is 0 Å². The van der Waals surface area contributed by atoms with Crippen molar-refractivity contribution < 1.29 is 0 Å². The van der Waals surface area contributed by atoms with Crippen LogP contribution in [-0.2, 0) is 0 Å². The van der Waals surface area contributed by atoms with Crippen LogP contribution >= 0.6 is 11.6 Å². The van der Waals surface area contributed by atoms with Gasteiger partial charge in [-0.25, -0.2) is 0 Å². The van der Waals surface area contributed by atoms with Crippen LogP contribution < -0.4 is 5.32 Å². The second-order valence-corrected chi connectivity index (χ2v) is 5.56. The van der Waals surface area contributed by atoms with E-state index in [1.54, 1.807) is 0 Å². The van der Waals surface area contributed by atoms with Crippen LogP contribution in [0.2, 0.25) is 5.15 Å². The Morgan fingerprint density at radius 2 is 1.94 bits per heavy atom. The van der Waals surface area contributed by atoms with Crippen molar-refractivity contribution in [1.82, 2.24) is 10.2 Å². The fraction of sp³-hybridized carbons (Fsp3) is 0.692. The van der Waals surface area contributed by atoms with Crippen LogP contribution in [0.3, 0.4) is 0 Å². The highest BCUT2D eigenvalue weighted by atomic mass is 35.5. The van der Waals surface area contributed by atoms with E-state index >= 15 is 0 Å². The lowest BCUT2D eigenvalue weighted by molar-refractivity contribution is 0.358. The molecule has 0 aromatic carbocycles. The van der Waals surface area contributed by atoms with E-state index in [1.807, 2.05) is 13.8 Å². The smallest absolute Gasteiger partial charge is 0.155 e. The van der Waals surface area contributed by atoms with E-state index in [2.05, 4.69) is 22.4 Å². The third-order valence-electron chi connectivity index (χ3n) is 3.74. The number of hydrogen-bond donors (Lipinski definition) is 1.